The maximum absolute atomic E-state index is 12.3. The van der Waals surface area contributed by atoms with E-state index >= 15 is 0 Å². The molecule has 2 aromatic heterocycles. The molecular formula is C18H22N4OS. The molecule has 1 amide bonds. The molecule has 1 N–H and O–H groups in total. The average Bonchev–Trinajstić information content (AvgIpc) is 3.12. The average molecular weight is 342 g/mol. The minimum absolute atomic E-state index is 0.0149. The standard InChI is InChI=1S/C18H22N4OS/c1-4-15-17(24-13(3)20-15)18(23)19-10-7-11-22-16-9-6-5-8-14(16)12(2)21-22/h5-6,8-9H,4,7,10-11H2,1-3H3,(H,19,23). The summed E-state index contributed by atoms with van der Waals surface area (Å²) >= 11 is 1.47. The minimum atomic E-state index is -0.0149. The molecule has 6 heteroatoms. The number of rotatable bonds is 6. The van der Waals surface area contributed by atoms with Gasteiger partial charge in [0.25, 0.3) is 5.91 Å². The molecule has 0 atom stereocenters. The van der Waals surface area contributed by atoms with Gasteiger partial charge in [-0.3, -0.25) is 9.48 Å². The van der Waals surface area contributed by atoms with Gasteiger partial charge in [-0.05, 0) is 32.8 Å². The van der Waals surface area contributed by atoms with Crippen LogP contribution in [0.5, 0.6) is 0 Å². The van der Waals surface area contributed by atoms with Gasteiger partial charge >= 0.3 is 0 Å². The largest absolute Gasteiger partial charge is 0.351 e. The van der Waals surface area contributed by atoms with E-state index in [0.717, 1.165) is 46.2 Å². The highest BCUT2D eigenvalue weighted by Crippen LogP contribution is 2.19. The summed E-state index contributed by atoms with van der Waals surface area (Å²) in [6.45, 7) is 7.41. The van der Waals surface area contributed by atoms with Crippen molar-refractivity contribution in [3.8, 4) is 0 Å². The second-order valence-electron chi connectivity index (χ2n) is 5.80. The number of nitrogens with one attached hydrogen (secondary N) is 1. The van der Waals surface area contributed by atoms with E-state index in [4.69, 9.17) is 0 Å². The second-order valence-corrected chi connectivity index (χ2v) is 7.00. The van der Waals surface area contributed by atoms with Gasteiger partial charge in [0, 0.05) is 18.5 Å². The van der Waals surface area contributed by atoms with E-state index in [0.29, 0.717) is 6.54 Å². The van der Waals surface area contributed by atoms with E-state index in [1.807, 2.05) is 37.6 Å². The maximum Gasteiger partial charge on any atom is 0.263 e. The molecule has 0 spiro atoms. The summed E-state index contributed by atoms with van der Waals surface area (Å²) in [5.41, 5.74) is 3.08. The molecule has 5 nitrogen and oxygen atoms in total. The fourth-order valence-corrected chi connectivity index (χ4v) is 3.79. The maximum atomic E-state index is 12.3. The Morgan fingerprint density at radius 3 is 2.88 bits per heavy atom. The van der Waals surface area contributed by atoms with E-state index in [1.54, 1.807) is 0 Å². The van der Waals surface area contributed by atoms with E-state index < -0.39 is 0 Å². The fourth-order valence-electron chi connectivity index (χ4n) is 2.86. The zero-order chi connectivity index (χ0) is 17.1. The van der Waals surface area contributed by atoms with Crippen molar-refractivity contribution in [3.05, 3.63) is 45.5 Å². The lowest BCUT2D eigenvalue weighted by atomic mass is 10.2. The summed E-state index contributed by atoms with van der Waals surface area (Å²) < 4.78 is 2.02. The highest BCUT2D eigenvalue weighted by Gasteiger charge is 2.15. The third-order valence-corrected chi connectivity index (χ3v) is 5.03. The molecule has 0 aliphatic heterocycles. The van der Waals surface area contributed by atoms with E-state index in [-0.39, 0.29) is 5.91 Å². The van der Waals surface area contributed by atoms with E-state index in [1.165, 1.54) is 16.7 Å². The van der Waals surface area contributed by atoms with Crippen LogP contribution in [0.2, 0.25) is 0 Å². The van der Waals surface area contributed by atoms with Crippen LogP contribution in [0, 0.1) is 13.8 Å². The Morgan fingerprint density at radius 1 is 1.29 bits per heavy atom. The first-order chi connectivity index (χ1) is 11.6. The van der Waals surface area contributed by atoms with Crippen LogP contribution in [0.3, 0.4) is 0 Å². The summed E-state index contributed by atoms with van der Waals surface area (Å²) in [5, 5.41) is 9.72. The van der Waals surface area contributed by atoms with Crippen molar-refractivity contribution in [3.63, 3.8) is 0 Å². The van der Waals surface area contributed by atoms with Crippen LogP contribution < -0.4 is 5.32 Å². The number of carbonyl (C=O) groups is 1. The number of nitrogens with zero attached hydrogens (tertiary/aromatic N) is 3. The molecule has 0 unspecified atom stereocenters. The van der Waals surface area contributed by atoms with Gasteiger partial charge in [-0.1, -0.05) is 25.1 Å². The van der Waals surface area contributed by atoms with Gasteiger partial charge in [0.05, 0.1) is 21.9 Å². The van der Waals surface area contributed by atoms with Gasteiger partial charge < -0.3 is 5.32 Å². The van der Waals surface area contributed by atoms with Crippen molar-refractivity contribution in [2.24, 2.45) is 0 Å². The molecule has 2 heterocycles. The molecule has 3 rings (SSSR count). The van der Waals surface area contributed by atoms with Gasteiger partial charge in [-0.25, -0.2) is 4.98 Å². The Balaban J connectivity index is 1.57. The van der Waals surface area contributed by atoms with Crippen LogP contribution >= 0.6 is 11.3 Å². The summed E-state index contributed by atoms with van der Waals surface area (Å²) in [6.07, 6.45) is 1.63. The number of benzene rings is 1. The number of fused-ring (bicyclic) bond motifs is 1. The summed E-state index contributed by atoms with van der Waals surface area (Å²) in [4.78, 5) is 17.5. The number of hydrogen-bond donors (Lipinski definition) is 1. The van der Waals surface area contributed by atoms with Crippen molar-refractivity contribution >= 4 is 28.1 Å². The van der Waals surface area contributed by atoms with Gasteiger partial charge in [-0.15, -0.1) is 11.3 Å². The molecule has 0 fully saturated rings. The predicted molar refractivity (Wildman–Crippen MR) is 97.6 cm³/mol. The van der Waals surface area contributed by atoms with Gasteiger partial charge in [0.15, 0.2) is 0 Å². The zero-order valence-electron chi connectivity index (χ0n) is 14.3. The Labute approximate surface area is 145 Å². The van der Waals surface area contributed by atoms with Crippen molar-refractivity contribution in [1.82, 2.24) is 20.1 Å². The fraction of sp³-hybridized carbons (Fsp3) is 0.389. The summed E-state index contributed by atoms with van der Waals surface area (Å²) in [5.74, 6) is -0.0149. The Hall–Kier alpha value is -2.21. The lowest BCUT2D eigenvalue weighted by Crippen LogP contribution is -2.25. The first-order valence-corrected chi connectivity index (χ1v) is 9.08. The number of para-hydroxylation sites is 1. The van der Waals surface area contributed by atoms with Crippen molar-refractivity contribution in [1.29, 1.82) is 0 Å². The Kier molecular flexibility index (Phi) is 4.94. The van der Waals surface area contributed by atoms with E-state index in [9.17, 15) is 4.79 Å². The second kappa shape index (κ2) is 7.13. The molecule has 0 radical (unpaired) electrons. The SMILES string of the molecule is CCc1nc(C)sc1C(=O)NCCCn1nc(C)c2ccccc21. The normalized spacial score (nSPS) is 11.1. The van der Waals surface area contributed by atoms with Crippen molar-refractivity contribution in [2.75, 3.05) is 6.54 Å². The van der Waals surface area contributed by atoms with Crippen LogP contribution in [0.25, 0.3) is 10.9 Å². The van der Waals surface area contributed by atoms with Crippen LogP contribution in [-0.2, 0) is 13.0 Å². The number of thiazole rings is 1. The van der Waals surface area contributed by atoms with Crippen LogP contribution in [-0.4, -0.2) is 27.2 Å². The van der Waals surface area contributed by atoms with Crippen molar-refractivity contribution < 1.29 is 4.79 Å². The molecule has 0 bridgehead atoms. The summed E-state index contributed by atoms with van der Waals surface area (Å²) in [6, 6.07) is 8.24. The van der Waals surface area contributed by atoms with Crippen LogP contribution in [0.1, 0.15) is 39.4 Å². The number of aromatic nitrogens is 3. The number of aryl methyl sites for hydroxylation is 4. The molecule has 0 saturated carbocycles. The Bertz CT molecular complexity index is 865. The highest BCUT2D eigenvalue weighted by molar-refractivity contribution is 7.13. The Morgan fingerprint density at radius 2 is 2.08 bits per heavy atom. The molecule has 126 valence electrons. The quantitative estimate of drug-likeness (QED) is 0.698. The molecule has 0 aliphatic rings. The highest BCUT2D eigenvalue weighted by atomic mass is 32.1. The summed E-state index contributed by atoms with van der Waals surface area (Å²) in [7, 11) is 0. The molecule has 3 aromatic rings. The smallest absolute Gasteiger partial charge is 0.263 e. The third kappa shape index (κ3) is 3.33. The number of carbonyl (C=O) groups excluding carboxylic acids is 1. The van der Waals surface area contributed by atoms with Gasteiger partial charge in [0.1, 0.15) is 4.88 Å². The monoisotopic (exact) mass is 342 g/mol. The molecule has 1 aromatic carbocycles. The van der Waals surface area contributed by atoms with Crippen LogP contribution in [0.4, 0.5) is 0 Å². The first kappa shape index (κ1) is 16.6. The number of amides is 1. The predicted octanol–water partition coefficient (Wildman–Crippen LogP) is 3.49. The lowest BCUT2D eigenvalue weighted by Gasteiger charge is -2.06. The topological polar surface area (TPSA) is 59.8 Å². The van der Waals surface area contributed by atoms with E-state index in [2.05, 4.69) is 27.5 Å². The van der Waals surface area contributed by atoms with Gasteiger partial charge in [-0.2, -0.15) is 5.10 Å². The molecular weight excluding hydrogens is 320 g/mol. The molecule has 0 aliphatic carbocycles. The first-order valence-electron chi connectivity index (χ1n) is 8.26. The van der Waals surface area contributed by atoms with Crippen LogP contribution in [0.15, 0.2) is 24.3 Å². The lowest BCUT2D eigenvalue weighted by molar-refractivity contribution is 0.0955. The zero-order valence-corrected chi connectivity index (χ0v) is 15.1. The minimum Gasteiger partial charge on any atom is -0.351 e. The van der Waals surface area contributed by atoms with Crippen molar-refractivity contribution in [2.45, 2.75) is 40.2 Å². The molecule has 24 heavy (non-hydrogen) atoms. The number of hydrogen-bond acceptors (Lipinski definition) is 4. The van der Waals surface area contributed by atoms with Gasteiger partial charge in [0.2, 0.25) is 0 Å². The third-order valence-electron chi connectivity index (χ3n) is 4.02. The molecule has 0 saturated heterocycles.